The number of sulfonamides is 1. The fourth-order valence-electron chi connectivity index (χ4n) is 2.83. The van der Waals surface area contributed by atoms with Crippen LogP contribution in [0.1, 0.15) is 30.4 Å². The standard InChI is InChI=1S/C15H19N5O2S/c1-11-17-12(13-6-5-9-20(13)23(2,21)22)10-15(18-11)19-14-7-3-4-8-16-14/h3-4,7-8,10,13H,5-6,9H2,1-2H3,(H,16,17,18,19)/t13-/m1/s1. The number of pyridine rings is 1. The van der Waals surface area contributed by atoms with Gasteiger partial charge in [0.25, 0.3) is 0 Å². The summed E-state index contributed by atoms with van der Waals surface area (Å²) in [7, 11) is -3.24. The van der Waals surface area contributed by atoms with Crippen molar-refractivity contribution in [3.8, 4) is 0 Å². The number of nitrogens with one attached hydrogen (secondary N) is 1. The van der Waals surface area contributed by atoms with Crippen molar-refractivity contribution < 1.29 is 8.42 Å². The van der Waals surface area contributed by atoms with Crippen molar-refractivity contribution in [2.75, 3.05) is 18.1 Å². The Bertz CT molecular complexity index is 795. The first-order valence-corrected chi connectivity index (χ1v) is 9.29. The molecule has 0 radical (unpaired) electrons. The fourth-order valence-corrected chi connectivity index (χ4v) is 3.96. The largest absolute Gasteiger partial charge is 0.325 e. The maximum Gasteiger partial charge on any atom is 0.211 e. The molecule has 0 amide bonds. The summed E-state index contributed by atoms with van der Waals surface area (Å²) in [6.07, 6.45) is 4.54. The highest BCUT2D eigenvalue weighted by Gasteiger charge is 2.33. The second-order valence-corrected chi connectivity index (χ2v) is 7.53. The summed E-state index contributed by atoms with van der Waals surface area (Å²) in [6.45, 7) is 2.34. The lowest BCUT2D eigenvalue weighted by molar-refractivity contribution is 0.393. The Labute approximate surface area is 135 Å². The highest BCUT2D eigenvalue weighted by Crippen LogP contribution is 2.33. The molecule has 0 aliphatic carbocycles. The van der Waals surface area contributed by atoms with Crippen molar-refractivity contribution in [1.29, 1.82) is 0 Å². The Hall–Kier alpha value is -2.06. The molecular weight excluding hydrogens is 314 g/mol. The molecule has 122 valence electrons. The van der Waals surface area contributed by atoms with Gasteiger partial charge in [0.2, 0.25) is 10.0 Å². The van der Waals surface area contributed by atoms with E-state index in [9.17, 15) is 8.42 Å². The summed E-state index contributed by atoms with van der Waals surface area (Å²) in [5, 5.41) is 3.13. The van der Waals surface area contributed by atoms with Crippen LogP contribution in [0.5, 0.6) is 0 Å². The SMILES string of the molecule is Cc1nc(Nc2ccccn2)cc([C@H]2CCCN2S(C)(=O)=O)n1. The Morgan fingerprint density at radius 2 is 2.09 bits per heavy atom. The van der Waals surface area contributed by atoms with E-state index >= 15 is 0 Å². The van der Waals surface area contributed by atoms with Gasteiger partial charge in [-0.1, -0.05) is 6.07 Å². The average Bonchev–Trinajstić information content (AvgIpc) is 2.97. The third-order valence-electron chi connectivity index (χ3n) is 3.75. The molecule has 0 bridgehead atoms. The minimum absolute atomic E-state index is 0.226. The van der Waals surface area contributed by atoms with E-state index in [0.717, 1.165) is 18.5 Å². The molecule has 2 aromatic heterocycles. The third-order valence-corrected chi connectivity index (χ3v) is 5.04. The van der Waals surface area contributed by atoms with Crippen LogP contribution in [0.3, 0.4) is 0 Å². The molecule has 1 saturated heterocycles. The number of aromatic nitrogens is 3. The zero-order chi connectivity index (χ0) is 16.4. The maximum atomic E-state index is 11.9. The van der Waals surface area contributed by atoms with E-state index in [0.29, 0.717) is 24.0 Å². The molecule has 7 nitrogen and oxygen atoms in total. The van der Waals surface area contributed by atoms with Crippen LogP contribution in [0.2, 0.25) is 0 Å². The van der Waals surface area contributed by atoms with Crippen molar-refractivity contribution in [2.45, 2.75) is 25.8 Å². The van der Waals surface area contributed by atoms with Crippen LogP contribution >= 0.6 is 0 Å². The van der Waals surface area contributed by atoms with Gasteiger partial charge in [-0.15, -0.1) is 0 Å². The van der Waals surface area contributed by atoms with Crippen LogP contribution in [0, 0.1) is 6.92 Å². The monoisotopic (exact) mass is 333 g/mol. The molecule has 1 atom stereocenters. The van der Waals surface area contributed by atoms with Gasteiger partial charge in [-0.25, -0.2) is 23.4 Å². The van der Waals surface area contributed by atoms with Gasteiger partial charge in [0, 0.05) is 18.8 Å². The molecule has 0 aromatic carbocycles. The number of nitrogens with zero attached hydrogens (tertiary/aromatic N) is 4. The van der Waals surface area contributed by atoms with Gasteiger partial charge < -0.3 is 5.32 Å². The number of hydrogen-bond donors (Lipinski definition) is 1. The first-order chi connectivity index (χ1) is 10.9. The minimum Gasteiger partial charge on any atom is -0.325 e. The lowest BCUT2D eigenvalue weighted by Gasteiger charge is -2.22. The van der Waals surface area contributed by atoms with E-state index in [-0.39, 0.29) is 6.04 Å². The lowest BCUT2D eigenvalue weighted by Crippen LogP contribution is -2.30. The predicted octanol–water partition coefficient (Wildman–Crippen LogP) is 2.02. The summed E-state index contributed by atoms with van der Waals surface area (Å²) in [5.41, 5.74) is 0.721. The average molecular weight is 333 g/mol. The zero-order valence-electron chi connectivity index (χ0n) is 13.1. The predicted molar refractivity (Wildman–Crippen MR) is 87.8 cm³/mol. The number of aryl methyl sites for hydroxylation is 1. The van der Waals surface area contributed by atoms with Crippen molar-refractivity contribution in [2.24, 2.45) is 0 Å². The van der Waals surface area contributed by atoms with Gasteiger partial charge in [0.1, 0.15) is 17.5 Å². The molecule has 2 aromatic rings. The first-order valence-electron chi connectivity index (χ1n) is 7.44. The molecule has 1 aliphatic heterocycles. The van der Waals surface area contributed by atoms with E-state index in [1.54, 1.807) is 19.2 Å². The molecule has 1 fully saturated rings. The van der Waals surface area contributed by atoms with Crippen LogP contribution in [-0.4, -0.2) is 40.5 Å². The number of rotatable bonds is 4. The quantitative estimate of drug-likeness (QED) is 0.921. The van der Waals surface area contributed by atoms with Crippen LogP contribution in [0.15, 0.2) is 30.5 Å². The molecule has 3 rings (SSSR count). The van der Waals surface area contributed by atoms with E-state index in [2.05, 4.69) is 20.3 Å². The summed E-state index contributed by atoms with van der Waals surface area (Å²) >= 11 is 0. The number of anilines is 2. The molecular formula is C15H19N5O2S. The van der Waals surface area contributed by atoms with E-state index in [1.165, 1.54) is 10.6 Å². The van der Waals surface area contributed by atoms with Gasteiger partial charge >= 0.3 is 0 Å². The summed E-state index contributed by atoms with van der Waals surface area (Å²) in [5.74, 6) is 1.90. The van der Waals surface area contributed by atoms with Gasteiger partial charge in [0.15, 0.2) is 0 Å². The first kappa shape index (κ1) is 15.8. The Morgan fingerprint density at radius 1 is 1.26 bits per heavy atom. The third kappa shape index (κ3) is 3.65. The van der Waals surface area contributed by atoms with Crippen molar-refractivity contribution in [3.63, 3.8) is 0 Å². The van der Waals surface area contributed by atoms with Crippen molar-refractivity contribution >= 4 is 21.7 Å². The van der Waals surface area contributed by atoms with Crippen molar-refractivity contribution in [3.05, 3.63) is 42.0 Å². The summed E-state index contributed by atoms with van der Waals surface area (Å²) in [4.78, 5) is 13.0. The minimum atomic E-state index is -3.24. The van der Waals surface area contributed by atoms with Crippen LogP contribution < -0.4 is 5.32 Å². The van der Waals surface area contributed by atoms with E-state index < -0.39 is 10.0 Å². The Kier molecular flexibility index (Phi) is 4.27. The molecule has 1 aliphatic rings. The van der Waals surface area contributed by atoms with Crippen LogP contribution in [0.25, 0.3) is 0 Å². The van der Waals surface area contributed by atoms with Gasteiger partial charge in [-0.3, -0.25) is 0 Å². The zero-order valence-corrected chi connectivity index (χ0v) is 13.9. The molecule has 23 heavy (non-hydrogen) atoms. The van der Waals surface area contributed by atoms with Gasteiger partial charge in [0.05, 0.1) is 18.0 Å². The van der Waals surface area contributed by atoms with E-state index in [4.69, 9.17) is 0 Å². The molecule has 0 saturated carbocycles. The second kappa shape index (κ2) is 6.21. The van der Waals surface area contributed by atoms with Gasteiger partial charge in [-0.05, 0) is 31.9 Å². The smallest absolute Gasteiger partial charge is 0.211 e. The highest BCUT2D eigenvalue weighted by molar-refractivity contribution is 7.88. The molecule has 3 heterocycles. The summed E-state index contributed by atoms with van der Waals surface area (Å²) in [6, 6.07) is 7.14. The van der Waals surface area contributed by atoms with E-state index in [1.807, 2.05) is 18.2 Å². The molecule has 8 heteroatoms. The molecule has 0 spiro atoms. The number of hydrogen-bond acceptors (Lipinski definition) is 6. The highest BCUT2D eigenvalue weighted by atomic mass is 32.2. The van der Waals surface area contributed by atoms with Gasteiger partial charge in [-0.2, -0.15) is 4.31 Å². The Balaban J connectivity index is 1.91. The Morgan fingerprint density at radius 3 is 2.78 bits per heavy atom. The topological polar surface area (TPSA) is 88.1 Å². The van der Waals surface area contributed by atoms with Crippen LogP contribution in [-0.2, 0) is 10.0 Å². The second-order valence-electron chi connectivity index (χ2n) is 5.60. The van der Waals surface area contributed by atoms with Crippen LogP contribution in [0.4, 0.5) is 11.6 Å². The molecule has 0 unspecified atom stereocenters. The summed E-state index contributed by atoms with van der Waals surface area (Å²) < 4.78 is 25.4. The normalized spacial score (nSPS) is 19.0. The fraction of sp³-hybridized carbons (Fsp3) is 0.400. The van der Waals surface area contributed by atoms with Crippen molar-refractivity contribution in [1.82, 2.24) is 19.3 Å². The maximum absolute atomic E-state index is 11.9. The molecule has 1 N–H and O–H groups in total. The lowest BCUT2D eigenvalue weighted by atomic mass is 10.1.